The molecule has 3 heterocycles. The van der Waals surface area contributed by atoms with Crippen LogP contribution >= 0.6 is 11.3 Å². The third-order valence-electron chi connectivity index (χ3n) is 4.05. The van der Waals surface area contributed by atoms with Gasteiger partial charge < -0.3 is 24.8 Å². The molecule has 2 aromatic rings. The standard InChI is InChI=1S/C17H20N6O4S/c1-10(5-6-18)19-16-21-22-17(28-16)20-14(24)12-9-11(23-7-3-4-8-23)13(26-2)15(25)27-12/h5-6,9,18H,3-4,7-8H2,1-2H3,(H,19,21)(H,20,22,24)/b10-5-,18-6?. The van der Waals surface area contributed by atoms with Crippen LogP contribution in [0.1, 0.15) is 30.3 Å². The first kappa shape index (κ1) is 19.5. The average Bonchev–Trinajstić information content (AvgIpc) is 3.33. The molecule has 1 aliphatic heterocycles. The van der Waals surface area contributed by atoms with Gasteiger partial charge in [-0.2, -0.15) is 0 Å². The van der Waals surface area contributed by atoms with Gasteiger partial charge in [-0.15, -0.1) is 10.2 Å². The fourth-order valence-electron chi connectivity index (χ4n) is 2.78. The van der Waals surface area contributed by atoms with Crippen molar-refractivity contribution in [1.82, 2.24) is 10.2 Å². The van der Waals surface area contributed by atoms with E-state index in [1.807, 2.05) is 4.90 Å². The van der Waals surface area contributed by atoms with Crippen LogP contribution in [0.25, 0.3) is 0 Å². The Morgan fingerprint density at radius 3 is 2.64 bits per heavy atom. The molecule has 1 saturated heterocycles. The van der Waals surface area contributed by atoms with E-state index < -0.39 is 11.5 Å². The van der Waals surface area contributed by atoms with Crippen molar-refractivity contribution in [2.75, 3.05) is 35.7 Å². The summed E-state index contributed by atoms with van der Waals surface area (Å²) in [4.78, 5) is 26.8. The van der Waals surface area contributed by atoms with Gasteiger partial charge in [-0.05, 0) is 25.8 Å². The van der Waals surface area contributed by atoms with Gasteiger partial charge in [0.05, 0.1) is 12.8 Å². The zero-order chi connectivity index (χ0) is 20.1. The van der Waals surface area contributed by atoms with E-state index in [0.717, 1.165) is 43.5 Å². The molecule has 0 saturated carbocycles. The molecule has 0 spiro atoms. The molecule has 3 rings (SSSR count). The van der Waals surface area contributed by atoms with Crippen LogP contribution in [0.15, 0.2) is 27.1 Å². The van der Waals surface area contributed by atoms with Gasteiger partial charge in [0.1, 0.15) is 0 Å². The molecule has 1 aliphatic rings. The summed E-state index contributed by atoms with van der Waals surface area (Å²) in [5, 5.41) is 21.1. The largest absolute Gasteiger partial charge is 0.488 e. The minimum absolute atomic E-state index is 0.0920. The summed E-state index contributed by atoms with van der Waals surface area (Å²) in [7, 11) is 1.40. The molecule has 1 fully saturated rings. The van der Waals surface area contributed by atoms with E-state index in [1.54, 1.807) is 13.0 Å². The van der Waals surface area contributed by atoms with Crippen molar-refractivity contribution in [3.63, 3.8) is 0 Å². The maximum absolute atomic E-state index is 12.5. The Hall–Kier alpha value is -3.21. The van der Waals surface area contributed by atoms with Crippen LogP contribution in [0.4, 0.5) is 16.0 Å². The zero-order valence-electron chi connectivity index (χ0n) is 15.4. The molecule has 28 heavy (non-hydrogen) atoms. The number of aromatic nitrogens is 2. The highest BCUT2D eigenvalue weighted by Gasteiger charge is 2.23. The Kier molecular flexibility index (Phi) is 6.04. The van der Waals surface area contributed by atoms with Crippen molar-refractivity contribution < 1.29 is 13.9 Å². The minimum atomic E-state index is -0.705. The zero-order valence-corrected chi connectivity index (χ0v) is 16.3. The van der Waals surface area contributed by atoms with Crippen molar-refractivity contribution in [3.05, 3.63) is 34.0 Å². The number of methoxy groups -OCH3 is 1. The number of carbonyl (C=O) groups is 1. The van der Waals surface area contributed by atoms with Crippen LogP contribution in [0.3, 0.4) is 0 Å². The van der Waals surface area contributed by atoms with Crippen molar-refractivity contribution in [2.45, 2.75) is 19.8 Å². The van der Waals surface area contributed by atoms with E-state index in [0.29, 0.717) is 16.5 Å². The van der Waals surface area contributed by atoms with Crippen molar-refractivity contribution >= 4 is 39.4 Å². The summed E-state index contributed by atoms with van der Waals surface area (Å²) in [5.41, 5.74) is 0.554. The number of anilines is 3. The number of rotatable bonds is 7. The van der Waals surface area contributed by atoms with E-state index in [4.69, 9.17) is 14.6 Å². The van der Waals surface area contributed by atoms with Gasteiger partial charge in [-0.1, -0.05) is 11.3 Å². The lowest BCUT2D eigenvalue weighted by Crippen LogP contribution is -2.23. The number of amides is 1. The predicted molar refractivity (Wildman–Crippen MR) is 107 cm³/mol. The predicted octanol–water partition coefficient (Wildman–Crippen LogP) is 2.32. The highest BCUT2D eigenvalue weighted by Crippen LogP contribution is 2.29. The lowest BCUT2D eigenvalue weighted by atomic mass is 10.3. The van der Waals surface area contributed by atoms with Crippen LogP contribution in [0.5, 0.6) is 5.75 Å². The van der Waals surface area contributed by atoms with Gasteiger partial charge in [-0.3, -0.25) is 10.1 Å². The second-order valence-corrected chi connectivity index (χ2v) is 7.00. The lowest BCUT2D eigenvalue weighted by Gasteiger charge is -2.19. The van der Waals surface area contributed by atoms with Gasteiger partial charge in [0.25, 0.3) is 5.91 Å². The smallest absolute Gasteiger partial charge is 0.381 e. The van der Waals surface area contributed by atoms with E-state index in [2.05, 4.69) is 20.8 Å². The number of nitrogens with one attached hydrogen (secondary N) is 3. The molecule has 0 radical (unpaired) electrons. The summed E-state index contributed by atoms with van der Waals surface area (Å²) in [6.07, 6.45) is 4.73. The van der Waals surface area contributed by atoms with Gasteiger partial charge in [-0.25, -0.2) is 4.79 Å². The summed E-state index contributed by atoms with van der Waals surface area (Å²) >= 11 is 1.12. The Morgan fingerprint density at radius 1 is 1.32 bits per heavy atom. The van der Waals surface area contributed by atoms with Crippen molar-refractivity contribution in [2.24, 2.45) is 0 Å². The third kappa shape index (κ3) is 4.36. The summed E-state index contributed by atoms with van der Waals surface area (Å²) in [5.74, 6) is -0.638. The first-order chi connectivity index (χ1) is 13.5. The molecule has 0 bridgehead atoms. The maximum atomic E-state index is 12.5. The summed E-state index contributed by atoms with van der Waals surface area (Å²) < 4.78 is 10.3. The van der Waals surface area contributed by atoms with E-state index in [-0.39, 0.29) is 16.6 Å². The number of allylic oxidation sites excluding steroid dienone is 2. The van der Waals surface area contributed by atoms with Gasteiger partial charge in [0.15, 0.2) is 5.76 Å². The summed E-state index contributed by atoms with van der Waals surface area (Å²) in [6, 6.07) is 1.51. The second kappa shape index (κ2) is 8.65. The first-order valence-electron chi connectivity index (χ1n) is 8.58. The molecule has 148 valence electrons. The topological polar surface area (TPSA) is 133 Å². The highest BCUT2D eigenvalue weighted by molar-refractivity contribution is 7.19. The fraction of sp³-hybridized carbons (Fsp3) is 0.353. The lowest BCUT2D eigenvalue weighted by molar-refractivity contribution is 0.0991. The molecule has 11 heteroatoms. The molecular formula is C17H20N6O4S. The van der Waals surface area contributed by atoms with Crippen LogP contribution in [0.2, 0.25) is 0 Å². The van der Waals surface area contributed by atoms with Crippen LogP contribution in [-0.2, 0) is 0 Å². The molecule has 0 aromatic carbocycles. The first-order valence-corrected chi connectivity index (χ1v) is 9.39. The highest BCUT2D eigenvalue weighted by atomic mass is 32.1. The molecule has 1 amide bonds. The maximum Gasteiger partial charge on any atom is 0.381 e. The molecule has 0 aliphatic carbocycles. The van der Waals surface area contributed by atoms with Gasteiger partial charge in [0.2, 0.25) is 16.0 Å². The number of hydrogen-bond donors (Lipinski definition) is 3. The molecule has 2 aromatic heterocycles. The Balaban J connectivity index is 1.79. The summed E-state index contributed by atoms with van der Waals surface area (Å²) in [6.45, 7) is 3.35. The number of hydrogen-bond acceptors (Lipinski definition) is 10. The average molecular weight is 404 g/mol. The molecule has 3 N–H and O–H groups in total. The Bertz CT molecular complexity index is 961. The van der Waals surface area contributed by atoms with Crippen molar-refractivity contribution in [3.8, 4) is 5.75 Å². The third-order valence-corrected chi connectivity index (χ3v) is 4.80. The van der Waals surface area contributed by atoms with E-state index in [9.17, 15) is 9.59 Å². The minimum Gasteiger partial charge on any atom is -0.488 e. The number of ether oxygens (including phenoxy) is 1. The number of nitrogens with zero attached hydrogens (tertiary/aromatic N) is 3. The normalized spacial score (nSPS) is 14.1. The van der Waals surface area contributed by atoms with Crippen LogP contribution < -0.4 is 25.9 Å². The van der Waals surface area contributed by atoms with Gasteiger partial charge >= 0.3 is 5.63 Å². The molecule has 0 atom stereocenters. The van der Waals surface area contributed by atoms with Crippen LogP contribution in [0, 0.1) is 5.41 Å². The quantitative estimate of drug-likeness (QED) is 0.599. The molecule has 0 unspecified atom stereocenters. The molecular weight excluding hydrogens is 384 g/mol. The Morgan fingerprint density at radius 2 is 2.00 bits per heavy atom. The monoisotopic (exact) mass is 404 g/mol. The Labute approximate surface area is 164 Å². The van der Waals surface area contributed by atoms with Gasteiger partial charge in [0, 0.05) is 31.1 Å². The van der Waals surface area contributed by atoms with Crippen molar-refractivity contribution in [1.29, 1.82) is 5.41 Å². The second-order valence-electron chi connectivity index (χ2n) is 6.02. The fourth-order valence-corrected chi connectivity index (χ4v) is 3.48. The van der Waals surface area contributed by atoms with Crippen LogP contribution in [-0.4, -0.2) is 42.5 Å². The van der Waals surface area contributed by atoms with E-state index >= 15 is 0 Å². The van der Waals surface area contributed by atoms with E-state index in [1.165, 1.54) is 13.2 Å². The SMILES string of the molecule is COc1c(N2CCCC2)cc(C(=O)Nc2nnc(N/C(C)=C\C=N)s2)oc1=O. The molecule has 10 nitrogen and oxygen atoms in total. The number of carbonyl (C=O) groups excluding carboxylic acids is 1.